The predicted octanol–water partition coefficient (Wildman–Crippen LogP) is 3.87. The zero-order chi connectivity index (χ0) is 14.4. The van der Waals surface area contributed by atoms with Crippen molar-refractivity contribution in [2.45, 2.75) is 26.3 Å². The van der Waals surface area contributed by atoms with Crippen LogP contribution in [0.25, 0.3) is 6.08 Å². The lowest BCUT2D eigenvalue weighted by Crippen LogP contribution is -2.26. The van der Waals surface area contributed by atoms with Gasteiger partial charge in [-0.25, -0.2) is 0 Å². The van der Waals surface area contributed by atoms with Gasteiger partial charge < -0.3 is 9.73 Å². The van der Waals surface area contributed by atoms with Crippen molar-refractivity contribution in [3.63, 3.8) is 0 Å². The van der Waals surface area contributed by atoms with E-state index in [4.69, 9.17) is 4.42 Å². The number of carbonyl (C=O) groups excluding carboxylic acids is 1. The molecule has 0 radical (unpaired) electrons. The van der Waals surface area contributed by atoms with Gasteiger partial charge in [-0.15, -0.1) is 0 Å². The molecule has 2 aromatic rings. The van der Waals surface area contributed by atoms with Crippen molar-refractivity contribution in [2.75, 3.05) is 0 Å². The van der Waals surface area contributed by atoms with Crippen molar-refractivity contribution >= 4 is 12.0 Å². The second-order valence-corrected chi connectivity index (χ2v) is 4.73. The summed E-state index contributed by atoms with van der Waals surface area (Å²) in [7, 11) is 0. The highest BCUT2D eigenvalue weighted by molar-refractivity contribution is 5.91. The van der Waals surface area contributed by atoms with Gasteiger partial charge in [-0.2, -0.15) is 0 Å². The lowest BCUT2D eigenvalue weighted by atomic mass is 10.0. The summed E-state index contributed by atoms with van der Waals surface area (Å²) < 4.78 is 5.15. The second kappa shape index (κ2) is 6.75. The Labute approximate surface area is 119 Å². The van der Waals surface area contributed by atoms with E-state index in [0.717, 1.165) is 12.0 Å². The van der Waals surface area contributed by atoms with E-state index in [1.54, 1.807) is 24.5 Å². The van der Waals surface area contributed by atoms with Gasteiger partial charge in [0.25, 0.3) is 0 Å². The average Bonchev–Trinajstić information content (AvgIpc) is 2.97. The minimum Gasteiger partial charge on any atom is -0.465 e. The van der Waals surface area contributed by atoms with Crippen molar-refractivity contribution in [3.8, 4) is 0 Å². The van der Waals surface area contributed by atoms with Gasteiger partial charge in [0.1, 0.15) is 5.76 Å². The largest absolute Gasteiger partial charge is 0.465 e. The van der Waals surface area contributed by atoms with E-state index >= 15 is 0 Å². The molecule has 1 heterocycles. The summed E-state index contributed by atoms with van der Waals surface area (Å²) in [5.74, 6) is 0.553. The quantitative estimate of drug-likeness (QED) is 0.837. The number of nitrogens with one attached hydrogen (secondary N) is 1. The van der Waals surface area contributed by atoms with E-state index < -0.39 is 0 Å². The summed E-state index contributed by atoms with van der Waals surface area (Å²) >= 11 is 0. The van der Waals surface area contributed by atoms with E-state index in [2.05, 4.69) is 43.4 Å². The maximum atomic E-state index is 11.9. The molecule has 1 aromatic heterocycles. The van der Waals surface area contributed by atoms with Crippen LogP contribution >= 0.6 is 0 Å². The zero-order valence-electron chi connectivity index (χ0n) is 11.8. The Balaban J connectivity index is 1.99. The van der Waals surface area contributed by atoms with Crippen LogP contribution in [0.3, 0.4) is 0 Å². The molecule has 0 bridgehead atoms. The molecule has 0 fully saturated rings. The molecule has 0 saturated heterocycles. The fraction of sp³-hybridized carbons (Fsp3) is 0.235. The highest BCUT2D eigenvalue weighted by Gasteiger charge is 2.10. The first-order valence-corrected chi connectivity index (χ1v) is 6.77. The molecule has 0 unspecified atom stereocenters. The second-order valence-electron chi connectivity index (χ2n) is 4.73. The molecule has 1 amide bonds. The molecule has 3 heteroatoms. The van der Waals surface area contributed by atoms with E-state index in [1.807, 2.05) is 0 Å². The molecule has 104 valence electrons. The fourth-order valence-corrected chi connectivity index (χ4v) is 1.98. The number of amides is 1. The SMILES string of the molecule is CC[C@@H](NC(=O)/C=C/c1ccco1)c1ccc(C)cc1. The number of hydrogen-bond acceptors (Lipinski definition) is 2. The minimum atomic E-state index is -0.117. The monoisotopic (exact) mass is 269 g/mol. The first kappa shape index (κ1) is 14.1. The molecule has 0 saturated carbocycles. The number of furan rings is 1. The van der Waals surface area contributed by atoms with Crippen LogP contribution in [0.2, 0.25) is 0 Å². The van der Waals surface area contributed by atoms with Crippen molar-refractivity contribution in [2.24, 2.45) is 0 Å². The Bertz CT molecular complexity index is 568. The first-order valence-electron chi connectivity index (χ1n) is 6.77. The van der Waals surface area contributed by atoms with Crippen LogP contribution < -0.4 is 5.32 Å². The lowest BCUT2D eigenvalue weighted by molar-refractivity contribution is -0.117. The highest BCUT2D eigenvalue weighted by atomic mass is 16.3. The van der Waals surface area contributed by atoms with E-state index in [1.165, 1.54) is 11.6 Å². The van der Waals surface area contributed by atoms with Crippen molar-refractivity contribution in [1.82, 2.24) is 5.32 Å². The third-order valence-corrected chi connectivity index (χ3v) is 3.15. The molecule has 0 aliphatic heterocycles. The summed E-state index contributed by atoms with van der Waals surface area (Å²) in [6, 6.07) is 11.9. The van der Waals surface area contributed by atoms with Crippen molar-refractivity contribution < 1.29 is 9.21 Å². The molecular weight excluding hydrogens is 250 g/mol. The molecule has 0 spiro atoms. The van der Waals surface area contributed by atoms with Gasteiger partial charge in [0.2, 0.25) is 5.91 Å². The number of benzene rings is 1. The summed E-state index contributed by atoms with van der Waals surface area (Å²) in [6.45, 7) is 4.11. The number of carbonyl (C=O) groups is 1. The molecule has 0 aliphatic rings. The van der Waals surface area contributed by atoms with Crippen LogP contribution in [-0.2, 0) is 4.79 Å². The maximum Gasteiger partial charge on any atom is 0.244 e. The Kier molecular flexibility index (Phi) is 4.77. The van der Waals surface area contributed by atoms with Crippen LogP contribution in [0.15, 0.2) is 53.2 Å². The molecule has 1 atom stereocenters. The topological polar surface area (TPSA) is 42.2 Å². The molecule has 20 heavy (non-hydrogen) atoms. The third kappa shape index (κ3) is 3.85. The van der Waals surface area contributed by atoms with Crippen LogP contribution in [0.1, 0.15) is 36.3 Å². The van der Waals surface area contributed by atoms with Crippen LogP contribution in [0.5, 0.6) is 0 Å². The van der Waals surface area contributed by atoms with Crippen LogP contribution in [0.4, 0.5) is 0 Å². The standard InChI is InChI=1S/C17H19NO2/c1-3-16(14-8-6-13(2)7-9-14)18-17(19)11-10-15-5-4-12-20-15/h4-12,16H,3H2,1-2H3,(H,18,19)/b11-10+/t16-/m1/s1. The predicted molar refractivity (Wildman–Crippen MR) is 80.1 cm³/mol. The maximum absolute atomic E-state index is 11.9. The first-order chi connectivity index (χ1) is 9.69. The minimum absolute atomic E-state index is 0.0318. The number of hydrogen-bond donors (Lipinski definition) is 1. The molecule has 2 rings (SSSR count). The van der Waals surface area contributed by atoms with E-state index in [0.29, 0.717) is 5.76 Å². The average molecular weight is 269 g/mol. The third-order valence-electron chi connectivity index (χ3n) is 3.15. The van der Waals surface area contributed by atoms with Gasteiger partial charge in [-0.3, -0.25) is 4.79 Å². The summed E-state index contributed by atoms with van der Waals surface area (Å²) in [4.78, 5) is 11.9. The van der Waals surface area contributed by atoms with Gasteiger partial charge in [-0.05, 0) is 37.1 Å². The Morgan fingerprint density at radius 3 is 2.65 bits per heavy atom. The molecule has 1 N–H and O–H groups in total. The van der Waals surface area contributed by atoms with Gasteiger partial charge >= 0.3 is 0 Å². The Hall–Kier alpha value is -2.29. The summed E-state index contributed by atoms with van der Waals surface area (Å²) in [6.07, 6.45) is 5.59. The van der Waals surface area contributed by atoms with Gasteiger partial charge in [0.05, 0.1) is 12.3 Å². The van der Waals surface area contributed by atoms with Crippen LogP contribution in [-0.4, -0.2) is 5.91 Å². The fourth-order valence-electron chi connectivity index (χ4n) is 1.98. The summed E-state index contributed by atoms with van der Waals surface area (Å²) in [5, 5.41) is 3.00. The van der Waals surface area contributed by atoms with E-state index in [-0.39, 0.29) is 11.9 Å². The van der Waals surface area contributed by atoms with Gasteiger partial charge in [0.15, 0.2) is 0 Å². The Morgan fingerprint density at radius 1 is 1.30 bits per heavy atom. The molecular formula is C17H19NO2. The normalized spacial score (nSPS) is 12.5. The molecule has 0 aliphatic carbocycles. The lowest BCUT2D eigenvalue weighted by Gasteiger charge is -2.16. The number of rotatable bonds is 5. The smallest absolute Gasteiger partial charge is 0.244 e. The highest BCUT2D eigenvalue weighted by Crippen LogP contribution is 2.17. The Morgan fingerprint density at radius 2 is 2.05 bits per heavy atom. The zero-order valence-corrected chi connectivity index (χ0v) is 11.8. The van der Waals surface area contributed by atoms with Crippen molar-refractivity contribution in [1.29, 1.82) is 0 Å². The van der Waals surface area contributed by atoms with E-state index in [9.17, 15) is 4.79 Å². The van der Waals surface area contributed by atoms with Gasteiger partial charge in [0, 0.05) is 6.08 Å². The number of aryl methyl sites for hydroxylation is 1. The van der Waals surface area contributed by atoms with Crippen molar-refractivity contribution in [3.05, 3.63) is 65.6 Å². The molecule has 1 aromatic carbocycles. The summed E-state index contributed by atoms with van der Waals surface area (Å²) in [5.41, 5.74) is 2.34. The molecule has 3 nitrogen and oxygen atoms in total. The van der Waals surface area contributed by atoms with Gasteiger partial charge in [-0.1, -0.05) is 36.8 Å². The van der Waals surface area contributed by atoms with Crippen LogP contribution in [0, 0.1) is 6.92 Å².